The number of ether oxygens (including phenoxy) is 1. The van der Waals surface area contributed by atoms with Crippen LogP contribution in [0.4, 0.5) is 0 Å². The van der Waals surface area contributed by atoms with Gasteiger partial charge in [-0.1, -0.05) is 0 Å². The lowest BCUT2D eigenvalue weighted by Crippen LogP contribution is -2.36. The number of hydrogen-bond acceptors (Lipinski definition) is 7. The monoisotopic (exact) mass is 229 g/mol. The van der Waals surface area contributed by atoms with Gasteiger partial charge in [0, 0.05) is 0 Å². The summed E-state index contributed by atoms with van der Waals surface area (Å²) < 4.78 is 6.10. The normalized spacial score (nSPS) is 34.2. The van der Waals surface area contributed by atoms with Crippen LogP contribution in [0.3, 0.4) is 0 Å². The molecule has 16 heavy (non-hydrogen) atoms. The number of aliphatic hydroxyl groups excluding tert-OH is 3. The molecule has 1 unspecified atom stereocenters. The predicted molar refractivity (Wildman–Crippen MR) is 49.3 cm³/mol. The second kappa shape index (κ2) is 4.26. The summed E-state index contributed by atoms with van der Waals surface area (Å²) in [4.78, 5) is 18.3. The molecule has 1 saturated heterocycles. The molecular weight excluding hydrogens is 218 g/mol. The lowest BCUT2D eigenvalue weighted by atomic mass is 10.1. The summed E-state index contributed by atoms with van der Waals surface area (Å²) in [6, 6.07) is 0. The van der Waals surface area contributed by atoms with Gasteiger partial charge in [0.2, 0.25) is 0 Å². The largest absolute Gasteiger partial charge is 0.394 e. The van der Waals surface area contributed by atoms with Crippen molar-refractivity contribution in [2.45, 2.75) is 24.5 Å². The summed E-state index contributed by atoms with van der Waals surface area (Å²) >= 11 is 0. The first-order chi connectivity index (χ1) is 7.65. The van der Waals surface area contributed by atoms with Crippen LogP contribution < -0.4 is 5.69 Å². The van der Waals surface area contributed by atoms with Crippen LogP contribution >= 0.6 is 0 Å². The van der Waals surface area contributed by atoms with Gasteiger partial charge in [0.1, 0.15) is 31.0 Å². The third-order valence-electron chi connectivity index (χ3n) is 2.44. The molecule has 2 rings (SSSR count). The van der Waals surface area contributed by atoms with E-state index < -0.39 is 36.8 Å². The Morgan fingerprint density at radius 2 is 2.19 bits per heavy atom. The molecule has 0 aromatic carbocycles. The quantitative estimate of drug-likeness (QED) is 0.503. The molecule has 2 heterocycles. The van der Waals surface area contributed by atoms with E-state index in [2.05, 4.69) is 9.97 Å². The van der Waals surface area contributed by atoms with Crippen molar-refractivity contribution in [2.24, 2.45) is 0 Å². The van der Waals surface area contributed by atoms with Gasteiger partial charge in [-0.15, -0.1) is 0 Å². The molecule has 0 amide bonds. The number of rotatable bonds is 2. The average molecular weight is 229 g/mol. The summed E-state index contributed by atoms with van der Waals surface area (Å²) in [7, 11) is 0. The number of nitrogens with zero attached hydrogens (tertiary/aromatic N) is 3. The summed E-state index contributed by atoms with van der Waals surface area (Å²) in [5.74, 6) is 0. The Morgan fingerprint density at radius 1 is 1.44 bits per heavy atom. The van der Waals surface area contributed by atoms with Crippen molar-refractivity contribution in [3.05, 3.63) is 23.1 Å². The van der Waals surface area contributed by atoms with E-state index >= 15 is 0 Å². The highest BCUT2D eigenvalue weighted by atomic mass is 16.6. The van der Waals surface area contributed by atoms with Crippen molar-refractivity contribution in [1.82, 2.24) is 14.5 Å². The molecule has 8 heteroatoms. The Labute approximate surface area is 89.8 Å². The van der Waals surface area contributed by atoms with E-state index in [4.69, 9.17) is 9.84 Å². The highest BCUT2D eigenvalue weighted by Gasteiger charge is 2.43. The summed E-state index contributed by atoms with van der Waals surface area (Å²) in [6.07, 6.45) is -2.34. The molecule has 8 nitrogen and oxygen atoms in total. The molecule has 1 fully saturated rings. The van der Waals surface area contributed by atoms with E-state index in [0.717, 1.165) is 17.2 Å². The molecule has 1 aliphatic rings. The van der Waals surface area contributed by atoms with E-state index in [1.165, 1.54) is 0 Å². The minimum Gasteiger partial charge on any atom is -0.394 e. The predicted octanol–water partition coefficient (Wildman–Crippen LogP) is -2.75. The molecular formula is C8H11N3O5. The van der Waals surface area contributed by atoms with Crippen LogP contribution in [0.5, 0.6) is 0 Å². The molecule has 3 N–H and O–H groups in total. The first kappa shape index (κ1) is 11.1. The first-order valence-corrected chi connectivity index (χ1v) is 4.65. The third kappa shape index (κ3) is 1.71. The van der Waals surface area contributed by atoms with Crippen molar-refractivity contribution in [2.75, 3.05) is 6.61 Å². The number of aliphatic hydroxyl groups is 3. The van der Waals surface area contributed by atoms with Gasteiger partial charge in [0.15, 0.2) is 6.23 Å². The van der Waals surface area contributed by atoms with Crippen LogP contribution in [0, 0.1) is 0 Å². The maximum atomic E-state index is 11.3. The molecule has 1 aliphatic heterocycles. The zero-order chi connectivity index (χ0) is 11.7. The van der Waals surface area contributed by atoms with Crippen molar-refractivity contribution in [1.29, 1.82) is 0 Å². The fourth-order valence-electron chi connectivity index (χ4n) is 1.58. The summed E-state index contributed by atoms with van der Waals surface area (Å²) in [5.41, 5.74) is -0.648. The molecule has 88 valence electrons. The summed E-state index contributed by atoms with van der Waals surface area (Å²) in [6.45, 7) is -0.447. The van der Waals surface area contributed by atoms with E-state index in [-0.39, 0.29) is 0 Å². The standard InChI is InChI=1S/C8H11N3O5/c12-1-4-5(13)6(14)7(16-4)11-3-9-2-10-8(11)15/h2-7,12-14H,1H2/t4-,5-,6-,7?/m1/s1. The maximum Gasteiger partial charge on any atom is 0.352 e. The van der Waals surface area contributed by atoms with Gasteiger partial charge in [-0.05, 0) is 0 Å². The van der Waals surface area contributed by atoms with Gasteiger partial charge in [-0.2, -0.15) is 4.98 Å². The minimum atomic E-state index is -1.30. The van der Waals surface area contributed by atoms with E-state index in [1.807, 2.05) is 0 Å². The first-order valence-electron chi connectivity index (χ1n) is 4.65. The Morgan fingerprint density at radius 3 is 2.75 bits per heavy atom. The van der Waals surface area contributed by atoms with E-state index in [0.29, 0.717) is 0 Å². The number of aromatic nitrogens is 3. The van der Waals surface area contributed by atoms with Crippen molar-refractivity contribution in [3.8, 4) is 0 Å². The maximum absolute atomic E-state index is 11.3. The fraction of sp³-hybridized carbons (Fsp3) is 0.625. The Bertz CT molecular complexity index is 422. The molecule has 0 bridgehead atoms. The van der Waals surface area contributed by atoms with Gasteiger partial charge >= 0.3 is 5.69 Å². The van der Waals surface area contributed by atoms with Crippen LogP contribution in [0.25, 0.3) is 0 Å². The molecule has 0 saturated carbocycles. The van der Waals surface area contributed by atoms with Crippen LogP contribution in [0.15, 0.2) is 17.4 Å². The highest BCUT2D eigenvalue weighted by Crippen LogP contribution is 2.27. The summed E-state index contributed by atoms with van der Waals surface area (Å²) in [5, 5.41) is 28.0. The fourth-order valence-corrected chi connectivity index (χ4v) is 1.58. The molecule has 0 spiro atoms. The molecule has 0 radical (unpaired) electrons. The number of hydrogen-bond donors (Lipinski definition) is 3. The smallest absolute Gasteiger partial charge is 0.352 e. The SMILES string of the molecule is O=c1ncncn1C1O[C@H](CO)[C@@H](O)[C@H]1O. The topological polar surface area (TPSA) is 118 Å². The van der Waals surface area contributed by atoms with Crippen molar-refractivity contribution >= 4 is 0 Å². The Balaban J connectivity index is 2.30. The Kier molecular flexibility index (Phi) is 2.97. The lowest BCUT2D eigenvalue weighted by molar-refractivity contribution is -0.0555. The van der Waals surface area contributed by atoms with Crippen LogP contribution in [-0.4, -0.2) is 54.8 Å². The zero-order valence-electron chi connectivity index (χ0n) is 8.17. The average Bonchev–Trinajstić information content (AvgIpc) is 2.57. The van der Waals surface area contributed by atoms with Gasteiger partial charge in [-0.25, -0.2) is 9.78 Å². The molecule has 4 atom stereocenters. The Hall–Kier alpha value is -1.35. The minimum absolute atomic E-state index is 0.447. The molecule has 1 aromatic rings. The highest BCUT2D eigenvalue weighted by molar-refractivity contribution is 4.89. The van der Waals surface area contributed by atoms with Crippen LogP contribution in [0.1, 0.15) is 6.23 Å². The van der Waals surface area contributed by atoms with Crippen LogP contribution in [0.2, 0.25) is 0 Å². The van der Waals surface area contributed by atoms with Crippen molar-refractivity contribution < 1.29 is 20.1 Å². The lowest BCUT2D eigenvalue weighted by Gasteiger charge is -2.15. The molecule has 0 aliphatic carbocycles. The van der Waals surface area contributed by atoms with E-state index in [1.54, 1.807) is 0 Å². The van der Waals surface area contributed by atoms with E-state index in [9.17, 15) is 15.0 Å². The van der Waals surface area contributed by atoms with Gasteiger partial charge in [-0.3, -0.25) is 4.57 Å². The van der Waals surface area contributed by atoms with Crippen LogP contribution in [-0.2, 0) is 4.74 Å². The van der Waals surface area contributed by atoms with Crippen molar-refractivity contribution in [3.63, 3.8) is 0 Å². The molecule has 1 aromatic heterocycles. The van der Waals surface area contributed by atoms with Gasteiger partial charge < -0.3 is 20.1 Å². The third-order valence-corrected chi connectivity index (χ3v) is 2.44. The second-order valence-electron chi connectivity index (χ2n) is 3.43. The zero-order valence-corrected chi connectivity index (χ0v) is 8.17. The van der Waals surface area contributed by atoms with Gasteiger partial charge in [0.05, 0.1) is 6.61 Å². The second-order valence-corrected chi connectivity index (χ2v) is 3.43. The van der Waals surface area contributed by atoms with Gasteiger partial charge in [0.25, 0.3) is 0 Å².